The maximum Gasteiger partial charge on any atom is 0.267 e. The molecule has 2 N–H and O–H groups in total. The van der Waals surface area contributed by atoms with Gasteiger partial charge in [-0.2, -0.15) is 0 Å². The van der Waals surface area contributed by atoms with Crippen molar-refractivity contribution >= 4 is 29.2 Å². The quantitative estimate of drug-likeness (QED) is 0.627. The predicted molar refractivity (Wildman–Crippen MR) is 112 cm³/mol. The van der Waals surface area contributed by atoms with E-state index < -0.39 is 5.91 Å². The molecule has 0 unspecified atom stereocenters. The van der Waals surface area contributed by atoms with Gasteiger partial charge in [0.2, 0.25) is 0 Å². The molecule has 0 spiro atoms. The summed E-state index contributed by atoms with van der Waals surface area (Å²) in [4.78, 5) is 26.2. The molecule has 1 aromatic heterocycles. The lowest BCUT2D eigenvalue weighted by atomic mass is 10.1. The van der Waals surface area contributed by atoms with E-state index in [2.05, 4.69) is 24.5 Å². The lowest BCUT2D eigenvalue weighted by Crippen LogP contribution is -2.35. The zero-order valence-corrected chi connectivity index (χ0v) is 17.4. The van der Waals surface area contributed by atoms with Gasteiger partial charge in [0.05, 0.1) is 14.2 Å². The van der Waals surface area contributed by atoms with Crippen LogP contribution in [0.4, 0.5) is 0 Å². The highest BCUT2D eigenvalue weighted by Crippen LogP contribution is 2.27. The summed E-state index contributed by atoms with van der Waals surface area (Å²) in [6.07, 6.45) is 2.54. The Labute approximate surface area is 169 Å². The molecule has 0 bridgehead atoms. The minimum atomic E-state index is -0.400. The van der Waals surface area contributed by atoms with Crippen molar-refractivity contribution in [2.75, 3.05) is 20.8 Å². The van der Waals surface area contributed by atoms with Gasteiger partial charge in [-0.05, 0) is 48.1 Å². The molecule has 28 heavy (non-hydrogen) atoms. The Bertz CT molecular complexity index is 829. The Balaban J connectivity index is 2.19. The molecule has 2 aromatic rings. The number of carbonyl (C=O) groups is 2. The van der Waals surface area contributed by atoms with Gasteiger partial charge in [-0.25, -0.2) is 0 Å². The van der Waals surface area contributed by atoms with Crippen LogP contribution in [0.5, 0.6) is 11.5 Å². The van der Waals surface area contributed by atoms with Gasteiger partial charge < -0.3 is 20.1 Å². The van der Waals surface area contributed by atoms with Gasteiger partial charge in [-0.1, -0.05) is 19.9 Å². The van der Waals surface area contributed by atoms with Crippen molar-refractivity contribution in [1.82, 2.24) is 10.6 Å². The summed E-state index contributed by atoms with van der Waals surface area (Å²) in [6.45, 7) is 4.73. The highest BCUT2D eigenvalue weighted by atomic mass is 32.1. The second-order valence-electron chi connectivity index (χ2n) is 6.54. The minimum Gasteiger partial charge on any atom is -0.493 e. The number of hydrogen-bond donors (Lipinski definition) is 2. The number of methoxy groups -OCH3 is 2. The number of amides is 2. The van der Waals surface area contributed by atoms with Crippen LogP contribution in [0, 0.1) is 5.92 Å². The van der Waals surface area contributed by atoms with Crippen LogP contribution in [-0.4, -0.2) is 32.6 Å². The summed E-state index contributed by atoms with van der Waals surface area (Å²) in [5, 5.41) is 7.49. The summed E-state index contributed by atoms with van der Waals surface area (Å²) >= 11 is 1.49. The molecule has 0 saturated carbocycles. The van der Waals surface area contributed by atoms with Gasteiger partial charge in [-0.15, -0.1) is 11.3 Å². The van der Waals surface area contributed by atoms with Crippen LogP contribution in [0.25, 0.3) is 6.08 Å². The molecular formula is C21H26N2O4S. The van der Waals surface area contributed by atoms with Gasteiger partial charge in [0.15, 0.2) is 11.5 Å². The van der Waals surface area contributed by atoms with Crippen LogP contribution in [0.2, 0.25) is 0 Å². The van der Waals surface area contributed by atoms with Crippen molar-refractivity contribution in [3.05, 3.63) is 51.8 Å². The molecule has 0 radical (unpaired) electrons. The molecule has 150 valence electrons. The number of benzene rings is 1. The Kier molecular flexibility index (Phi) is 8.07. The third-order valence-corrected chi connectivity index (χ3v) is 4.79. The standard InChI is InChI=1S/C21H26N2O4S/c1-14(2)9-10-22-21(25)17(13-16-6-5-11-28-16)23-20(24)15-7-8-18(26-3)19(12-15)27-4/h5-8,11-14H,9-10H2,1-4H3,(H,22,25)(H,23,24)/b17-13-. The largest absolute Gasteiger partial charge is 0.493 e. The topological polar surface area (TPSA) is 76.7 Å². The van der Waals surface area contributed by atoms with Gasteiger partial charge >= 0.3 is 0 Å². The van der Waals surface area contributed by atoms with Crippen molar-refractivity contribution < 1.29 is 19.1 Å². The summed E-state index contributed by atoms with van der Waals surface area (Å²) in [7, 11) is 3.03. The average Bonchev–Trinajstić information content (AvgIpc) is 3.19. The zero-order valence-electron chi connectivity index (χ0n) is 16.6. The predicted octanol–water partition coefficient (Wildman–Crippen LogP) is 3.70. The summed E-state index contributed by atoms with van der Waals surface area (Å²) in [5.41, 5.74) is 0.565. The molecule has 0 atom stereocenters. The molecule has 0 aliphatic heterocycles. The van der Waals surface area contributed by atoms with E-state index in [1.807, 2.05) is 17.5 Å². The number of hydrogen-bond acceptors (Lipinski definition) is 5. The van der Waals surface area contributed by atoms with Crippen LogP contribution in [0.15, 0.2) is 41.4 Å². The van der Waals surface area contributed by atoms with Crippen LogP contribution >= 0.6 is 11.3 Å². The molecule has 7 heteroatoms. The van der Waals surface area contributed by atoms with Gasteiger partial charge in [0, 0.05) is 17.0 Å². The normalized spacial score (nSPS) is 11.2. The average molecular weight is 403 g/mol. The van der Waals surface area contributed by atoms with Crippen molar-refractivity contribution in [2.24, 2.45) is 5.92 Å². The van der Waals surface area contributed by atoms with Crippen molar-refractivity contribution in [3.8, 4) is 11.5 Å². The molecule has 0 fully saturated rings. The second-order valence-corrected chi connectivity index (χ2v) is 7.52. The molecule has 6 nitrogen and oxygen atoms in total. The molecule has 0 aliphatic carbocycles. The highest BCUT2D eigenvalue weighted by Gasteiger charge is 2.16. The van der Waals surface area contributed by atoms with E-state index >= 15 is 0 Å². The summed E-state index contributed by atoms with van der Waals surface area (Å²) < 4.78 is 10.4. The Morgan fingerprint density at radius 2 is 1.89 bits per heavy atom. The number of nitrogens with one attached hydrogen (secondary N) is 2. The zero-order chi connectivity index (χ0) is 20.5. The van der Waals surface area contributed by atoms with Crippen molar-refractivity contribution in [1.29, 1.82) is 0 Å². The fraction of sp³-hybridized carbons (Fsp3) is 0.333. The second kappa shape index (κ2) is 10.5. The van der Waals surface area contributed by atoms with Gasteiger partial charge in [-0.3, -0.25) is 9.59 Å². The highest BCUT2D eigenvalue weighted by molar-refractivity contribution is 7.10. The first-order valence-electron chi connectivity index (χ1n) is 9.01. The van der Waals surface area contributed by atoms with E-state index in [0.29, 0.717) is 29.5 Å². The Morgan fingerprint density at radius 1 is 1.14 bits per heavy atom. The lowest BCUT2D eigenvalue weighted by molar-refractivity contribution is -0.117. The molecule has 0 saturated heterocycles. The first kappa shape index (κ1) is 21.5. The van der Waals surface area contributed by atoms with E-state index in [0.717, 1.165) is 11.3 Å². The fourth-order valence-electron chi connectivity index (χ4n) is 2.42. The Morgan fingerprint density at radius 3 is 2.50 bits per heavy atom. The number of ether oxygens (including phenoxy) is 2. The van der Waals surface area contributed by atoms with E-state index in [1.165, 1.54) is 25.6 Å². The SMILES string of the molecule is COc1ccc(C(=O)N/C(=C\c2cccs2)C(=O)NCCC(C)C)cc1OC. The molecular weight excluding hydrogens is 376 g/mol. The van der Waals surface area contributed by atoms with E-state index in [9.17, 15) is 9.59 Å². The number of thiophene rings is 1. The smallest absolute Gasteiger partial charge is 0.267 e. The van der Waals surface area contributed by atoms with Crippen molar-refractivity contribution in [2.45, 2.75) is 20.3 Å². The first-order chi connectivity index (χ1) is 13.4. The maximum absolute atomic E-state index is 12.7. The molecule has 2 amide bonds. The minimum absolute atomic E-state index is 0.200. The van der Waals surface area contributed by atoms with Crippen LogP contribution < -0.4 is 20.1 Å². The van der Waals surface area contributed by atoms with E-state index in [4.69, 9.17) is 9.47 Å². The summed E-state index contributed by atoms with van der Waals surface area (Å²) in [5.74, 6) is 0.733. The van der Waals surface area contributed by atoms with Crippen LogP contribution in [0.3, 0.4) is 0 Å². The Hall–Kier alpha value is -2.80. The van der Waals surface area contributed by atoms with Gasteiger partial charge in [0.25, 0.3) is 11.8 Å². The number of rotatable bonds is 9. The molecule has 1 aromatic carbocycles. The number of carbonyl (C=O) groups excluding carboxylic acids is 2. The fourth-order valence-corrected chi connectivity index (χ4v) is 3.07. The third kappa shape index (κ3) is 6.13. The third-order valence-electron chi connectivity index (χ3n) is 3.98. The summed E-state index contributed by atoms with van der Waals surface area (Å²) in [6, 6.07) is 8.62. The van der Waals surface area contributed by atoms with Gasteiger partial charge in [0.1, 0.15) is 5.70 Å². The van der Waals surface area contributed by atoms with Crippen LogP contribution in [0.1, 0.15) is 35.5 Å². The molecule has 0 aliphatic rings. The van der Waals surface area contributed by atoms with E-state index in [1.54, 1.807) is 24.3 Å². The molecule has 2 rings (SSSR count). The lowest BCUT2D eigenvalue weighted by Gasteiger charge is -2.13. The first-order valence-corrected chi connectivity index (χ1v) is 9.89. The molecule has 1 heterocycles. The van der Waals surface area contributed by atoms with Crippen LogP contribution in [-0.2, 0) is 4.79 Å². The monoisotopic (exact) mass is 402 g/mol. The maximum atomic E-state index is 12.7. The van der Waals surface area contributed by atoms with E-state index in [-0.39, 0.29) is 11.6 Å². The van der Waals surface area contributed by atoms with Crippen molar-refractivity contribution in [3.63, 3.8) is 0 Å².